The number of para-hydroxylation sites is 1. The molecular weight excluding hydrogens is 494 g/mol. The van der Waals surface area contributed by atoms with Gasteiger partial charge in [-0.2, -0.15) is 0 Å². The molecule has 3 aromatic carbocycles. The van der Waals surface area contributed by atoms with Crippen molar-refractivity contribution in [2.24, 2.45) is 0 Å². The van der Waals surface area contributed by atoms with Gasteiger partial charge in [-0.3, -0.25) is 4.79 Å². The van der Waals surface area contributed by atoms with E-state index in [2.05, 4.69) is 15.4 Å². The highest BCUT2D eigenvalue weighted by Gasteiger charge is 2.32. The van der Waals surface area contributed by atoms with Crippen molar-refractivity contribution in [2.75, 3.05) is 12.0 Å². The second-order valence-corrected chi connectivity index (χ2v) is 10.5. The minimum Gasteiger partial charge on any atom is -0.453 e. The third-order valence-electron chi connectivity index (χ3n) is 6.47. The number of alkyl carbamates (subject to hydrolysis) is 2. The van der Waals surface area contributed by atoms with Gasteiger partial charge in [-0.05, 0) is 67.5 Å². The summed E-state index contributed by atoms with van der Waals surface area (Å²) in [6.07, 6.45) is 0.0632. The Hall–Kier alpha value is -4.33. The van der Waals surface area contributed by atoms with E-state index in [0.29, 0.717) is 25.9 Å². The molecule has 2 N–H and O–H groups in total. The third-order valence-corrected chi connectivity index (χ3v) is 6.47. The van der Waals surface area contributed by atoms with Gasteiger partial charge in [0.05, 0.1) is 13.7 Å². The van der Waals surface area contributed by atoms with Gasteiger partial charge in [0, 0.05) is 12.2 Å². The van der Waals surface area contributed by atoms with Crippen molar-refractivity contribution < 1.29 is 23.9 Å². The van der Waals surface area contributed by atoms with Crippen LogP contribution in [0.4, 0.5) is 15.3 Å². The lowest BCUT2D eigenvalue weighted by Crippen LogP contribution is -2.49. The SMILES string of the molecule is COC(=O)NCc1ccccc1-c1ccc(CN2C(=O)C(NC(=O)OC(C)(C)C)CCc3ccccc32)cc1. The summed E-state index contributed by atoms with van der Waals surface area (Å²) in [6.45, 7) is 6.08. The fourth-order valence-electron chi connectivity index (χ4n) is 4.63. The summed E-state index contributed by atoms with van der Waals surface area (Å²) in [4.78, 5) is 39.5. The first kappa shape index (κ1) is 27.7. The number of hydrogen-bond acceptors (Lipinski definition) is 5. The van der Waals surface area contributed by atoms with Crippen LogP contribution in [0.5, 0.6) is 0 Å². The third kappa shape index (κ3) is 7.16. The number of anilines is 1. The van der Waals surface area contributed by atoms with Crippen molar-refractivity contribution in [3.63, 3.8) is 0 Å². The van der Waals surface area contributed by atoms with Crippen LogP contribution in [-0.4, -0.2) is 36.8 Å². The molecule has 1 unspecified atom stereocenters. The minimum absolute atomic E-state index is 0.172. The first-order valence-electron chi connectivity index (χ1n) is 13.0. The van der Waals surface area contributed by atoms with E-state index in [1.54, 1.807) is 25.7 Å². The molecule has 8 heteroatoms. The topological polar surface area (TPSA) is 97.0 Å². The molecule has 8 nitrogen and oxygen atoms in total. The average Bonchev–Trinajstić information content (AvgIpc) is 3.03. The Morgan fingerprint density at radius 1 is 0.949 bits per heavy atom. The Labute approximate surface area is 229 Å². The van der Waals surface area contributed by atoms with Gasteiger partial charge in [0.2, 0.25) is 5.91 Å². The molecule has 0 saturated carbocycles. The van der Waals surface area contributed by atoms with Crippen LogP contribution < -0.4 is 15.5 Å². The summed E-state index contributed by atoms with van der Waals surface area (Å²) in [6, 6.07) is 23.0. The molecule has 0 bridgehead atoms. The molecule has 0 saturated heterocycles. The maximum atomic E-state index is 13.7. The normalized spacial score (nSPS) is 15.1. The van der Waals surface area contributed by atoms with Crippen molar-refractivity contribution in [2.45, 2.75) is 58.3 Å². The number of carbonyl (C=O) groups excluding carboxylic acids is 3. The van der Waals surface area contributed by atoms with E-state index < -0.39 is 23.8 Å². The summed E-state index contributed by atoms with van der Waals surface area (Å²) in [5.74, 6) is -0.172. The fourth-order valence-corrected chi connectivity index (χ4v) is 4.63. The molecule has 1 atom stereocenters. The van der Waals surface area contributed by atoms with Crippen LogP contribution in [0.25, 0.3) is 11.1 Å². The summed E-state index contributed by atoms with van der Waals surface area (Å²) in [5.41, 5.74) is 5.15. The van der Waals surface area contributed by atoms with E-state index >= 15 is 0 Å². The molecule has 3 aromatic rings. The lowest BCUT2D eigenvalue weighted by Gasteiger charge is -2.27. The summed E-state index contributed by atoms with van der Waals surface area (Å²) < 4.78 is 10.1. The highest BCUT2D eigenvalue weighted by molar-refractivity contribution is 6.00. The highest BCUT2D eigenvalue weighted by Crippen LogP contribution is 2.30. The molecule has 0 spiro atoms. The Morgan fingerprint density at radius 2 is 1.64 bits per heavy atom. The van der Waals surface area contributed by atoms with E-state index in [1.807, 2.05) is 72.8 Å². The number of rotatable bonds is 6. The zero-order valence-electron chi connectivity index (χ0n) is 22.8. The van der Waals surface area contributed by atoms with Crippen LogP contribution in [-0.2, 0) is 33.8 Å². The van der Waals surface area contributed by atoms with Gasteiger partial charge in [-0.25, -0.2) is 9.59 Å². The summed E-state index contributed by atoms with van der Waals surface area (Å²) >= 11 is 0. The number of carbonyl (C=O) groups is 3. The van der Waals surface area contributed by atoms with Gasteiger partial charge in [-0.1, -0.05) is 66.7 Å². The van der Waals surface area contributed by atoms with E-state index in [-0.39, 0.29) is 5.91 Å². The Balaban J connectivity index is 1.55. The van der Waals surface area contributed by atoms with Crippen LogP contribution in [0.15, 0.2) is 72.8 Å². The molecule has 1 aliphatic heterocycles. The molecule has 0 radical (unpaired) electrons. The highest BCUT2D eigenvalue weighted by atomic mass is 16.6. The molecule has 0 aliphatic carbocycles. The van der Waals surface area contributed by atoms with Gasteiger partial charge in [-0.15, -0.1) is 0 Å². The first-order valence-corrected chi connectivity index (χ1v) is 13.0. The van der Waals surface area contributed by atoms with Crippen LogP contribution >= 0.6 is 0 Å². The minimum atomic E-state index is -0.694. The maximum Gasteiger partial charge on any atom is 0.408 e. The lowest BCUT2D eigenvalue weighted by molar-refractivity contribution is -0.120. The van der Waals surface area contributed by atoms with Crippen molar-refractivity contribution >= 4 is 23.8 Å². The molecule has 3 amide bonds. The van der Waals surface area contributed by atoms with Gasteiger partial charge in [0.1, 0.15) is 11.6 Å². The second kappa shape index (κ2) is 12.0. The second-order valence-electron chi connectivity index (χ2n) is 10.5. The predicted molar refractivity (Wildman–Crippen MR) is 150 cm³/mol. The molecule has 0 aromatic heterocycles. The van der Waals surface area contributed by atoms with Crippen molar-refractivity contribution in [3.05, 3.63) is 89.5 Å². The molecule has 0 fully saturated rings. The van der Waals surface area contributed by atoms with Crippen LogP contribution in [0, 0.1) is 0 Å². The number of amides is 3. The number of aryl methyl sites for hydroxylation is 1. The molecule has 1 heterocycles. The van der Waals surface area contributed by atoms with Gasteiger partial charge >= 0.3 is 12.2 Å². The van der Waals surface area contributed by atoms with Crippen LogP contribution in [0.3, 0.4) is 0 Å². The smallest absolute Gasteiger partial charge is 0.408 e. The van der Waals surface area contributed by atoms with E-state index in [9.17, 15) is 14.4 Å². The van der Waals surface area contributed by atoms with Crippen LogP contribution in [0.1, 0.15) is 43.9 Å². The molecular formula is C31H35N3O5. The quantitative estimate of drug-likeness (QED) is 0.434. The number of ether oxygens (including phenoxy) is 2. The number of benzene rings is 3. The standard InChI is InChI=1S/C31H35N3O5/c1-31(2,3)39-30(37)33-26-18-17-23-9-6-8-12-27(23)34(28(26)35)20-21-13-15-22(16-14-21)25-11-7-5-10-24(25)19-32-29(36)38-4/h5-16,26H,17-20H2,1-4H3,(H,32,36)(H,33,37). The largest absolute Gasteiger partial charge is 0.453 e. The van der Waals surface area contributed by atoms with Crippen molar-refractivity contribution in [1.82, 2.24) is 10.6 Å². The van der Waals surface area contributed by atoms with Gasteiger partial charge < -0.3 is 25.0 Å². The number of nitrogens with zero attached hydrogens (tertiary/aromatic N) is 1. The summed E-state index contributed by atoms with van der Waals surface area (Å²) in [7, 11) is 1.34. The maximum absolute atomic E-state index is 13.7. The Morgan fingerprint density at radius 3 is 2.36 bits per heavy atom. The number of hydrogen-bond donors (Lipinski definition) is 2. The van der Waals surface area contributed by atoms with E-state index in [1.165, 1.54) is 7.11 Å². The number of nitrogens with one attached hydrogen (secondary N) is 2. The van der Waals surface area contributed by atoms with Crippen LogP contribution in [0.2, 0.25) is 0 Å². The molecule has 1 aliphatic rings. The average molecular weight is 530 g/mol. The lowest BCUT2D eigenvalue weighted by atomic mass is 9.98. The summed E-state index contributed by atoms with van der Waals surface area (Å²) in [5, 5.41) is 5.52. The molecule has 4 rings (SSSR count). The van der Waals surface area contributed by atoms with E-state index in [0.717, 1.165) is 33.5 Å². The monoisotopic (exact) mass is 529 g/mol. The Kier molecular flexibility index (Phi) is 8.54. The number of methoxy groups -OCH3 is 1. The fraction of sp³-hybridized carbons (Fsp3) is 0.323. The van der Waals surface area contributed by atoms with Crippen molar-refractivity contribution in [3.8, 4) is 11.1 Å². The molecule has 39 heavy (non-hydrogen) atoms. The zero-order chi connectivity index (χ0) is 28.0. The first-order chi connectivity index (χ1) is 18.6. The van der Waals surface area contributed by atoms with E-state index in [4.69, 9.17) is 4.74 Å². The van der Waals surface area contributed by atoms with Crippen molar-refractivity contribution in [1.29, 1.82) is 0 Å². The Bertz CT molecular complexity index is 1330. The van der Waals surface area contributed by atoms with Gasteiger partial charge in [0.15, 0.2) is 0 Å². The number of fused-ring (bicyclic) bond motifs is 1. The van der Waals surface area contributed by atoms with Gasteiger partial charge in [0.25, 0.3) is 0 Å². The predicted octanol–water partition coefficient (Wildman–Crippen LogP) is 5.58. The molecule has 204 valence electrons. The zero-order valence-corrected chi connectivity index (χ0v) is 22.8.